The molecule has 0 unspecified atom stereocenters. The van der Waals surface area contributed by atoms with Crippen molar-refractivity contribution in [2.75, 3.05) is 13.7 Å². The third-order valence-corrected chi connectivity index (χ3v) is 1.40. The minimum absolute atomic E-state index is 0.107. The van der Waals surface area contributed by atoms with Crippen LogP contribution in [0.3, 0.4) is 0 Å². The third-order valence-electron chi connectivity index (χ3n) is 1.40. The van der Waals surface area contributed by atoms with E-state index < -0.39 is 6.16 Å². The Morgan fingerprint density at radius 2 is 1.92 bits per heavy atom. The minimum Gasteiger partial charge on any atom is -0.438 e. The van der Waals surface area contributed by atoms with Crippen LogP contribution >= 0.6 is 0 Å². The van der Waals surface area contributed by atoms with Crippen LogP contribution in [0.1, 0.15) is 13.8 Å². The van der Waals surface area contributed by atoms with Crippen LogP contribution in [-0.2, 0) is 14.3 Å². The van der Waals surface area contributed by atoms with Crippen molar-refractivity contribution in [3.63, 3.8) is 0 Å². The molecule has 0 aromatic carbocycles. The normalized spacial score (nSPS) is 9.54. The summed E-state index contributed by atoms with van der Waals surface area (Å²) < 4.78 is 8.77. The molecule has 0 aliphatic heterocycles. The van der Waals surface area contributed by atoms with Gasteiger partial charge in [-0.1, -0.05) is 20.4 Å². The van der Waals surface area contributed by atoms with Gasteiger partial charge in [-0.25, -0.2) is 4.79 Å². The second-order valence-electron chi connectivity index (χ2n) is 2.87. The van der Waals surface area contributed by atoms with Crippen molar-refractivity contribution >= 4 is 11.9 Å². The molecular formula is C9H14O4. The number of ether oxygens (including phenoxy) is 2. The maximum atomic E-state index is 11.2. The summed E-state index contributed by atoms with van der Waals surface area (Å²) >= 11 is 0. The van der Waals surface area contributed by atoms with Gasteiger partial charge in [-0.2, -0.15) is 0 Å². The molecule has 0 radical (unpaired) electrons. The topological polar surface area (TPSA) is 52.6 Å². The predicted octanol–water partition coefficient (Wildman–Crippen LogP) is 1.55. The highest BCUT2D eigenvalue weighted by Gasteiger charge is 2.13. The first-order valence-electron chi connectivity index (χ1n) is 3.91. The van der Waals surface area contributed by atoms with Gasteiger partial charge >= 0.3 is 6.16 Å². The number of hydrogen-bond donors (Lipinski definition) is 0. The van der Waals surface area contributed by atoms with Gasteiger partial charge in [-0.05, 0) is 0 Å². The van der Waals surface area contributed by atoms with E-state index in [0.717, 1.165) is 0 Å². The van der Waals surface area contributed by atoms with Gasteiger partial charge < -0.3 is 9.47 Å². The number of hydrogen-bond acceptors (Lipinski definition) is 4. The Bertz CT molecular complexity index is 218. The van der Waals surface area contributed by atoms with E-state index in [2.05, 4.69) is 16.1 Å². The average molecular weight is 186 g/mol. The van der Waals surface area contributed by atoms with Crippen molar-refractivity contribution in [3.05, 3.63) is 12.2 Å². The van der Waals surface area contributed by atoms with Gasteiger partial charge in [0.15, 0.2) is 5.78 Å². The summed E-state index contributed by atoms with van der Waals surface area (Å²) in [4.78, 5) is 21.7. The number of carbonyl (C=O) groups excluding carboxylic acids is 2. The van der Waals surface area contributed by atoms with Crippen molar-refractivity contribution in [1.82, 2.24) is 0 Å². The SMILES string of the molecule is C=C(COC(=O)OC)C(=O)C(C)C. The molecule has 0 N–H and O–H groups in total. The quantitative estimate of drug-likeness (QED) is 0.493. The van der Waals surface area contributed by atoms with E-state index >= 15 is 0 Å². The Labute approximate surface area is 77.5 Å². The van der Waals surface area contributed by atoms with E-state index in [-0.39, 0.29) is 23.9 Å². The molecule has 0 aliphatic carbocycles. The second kappa shape index (κ2) is 5.35. The highest BCUT2D eigenvalue weighted by atomic mass is 16.7. The smallest absolute Gasteiger partial charge is 0.438 e. The number of methoxy groups -OCH3 is 1. The maximum absolute atomic E-state index is 11.2. The molecule has 0 bridgehead atoms. The van der Waals surface area contributed by atoms with Crippen molar-refractivity contribution in [2.45, 2.75) is 13.8 Å². The molecule has 4 heteroatoms. The first-order valence-corrected chi connectivity index (χ1v) is 3.91. The van der Waals surface area contributed by atoms with Gasteiger partial charge in [-0.15, -0.1) is 0 Å². The molecule has 0 amide bonds. The van der Waals surface area contributed by atoms with Gasteiger partial charge in [0.2, 0.25) is 0 Å². The van der Waals surface area contributed by atoms with Crippen molar-refractivity contribution in [2.24, 2.45) is 5.92 Å². The first kappa shape index (κ1) is 11.7. The minimum atomic E-state index is -0.808. The lowest BCUT2D eigenvalue weighted by atomic mass is 10.0. The largest absolute Gasteiger partial charge is 0.508 e. The summed E-state index contributed by atoms with van der Waals surface area (Å²) in [6.45, 7) is 6.90. The van der Waals surface area contributed by atoms with E-state index in [1.165, 1.54) is 7.11 Å². The highest BCUT2D eigenvalue weighted by molar-refractivity contribution is 5.96. The van der Waals surface area contributed by atoms with E-state index in [9.17, 15) is 9.59 Å². The lowest BCUT2D eigenvalue weighted by Crippen LogP contribution is -2.16. The molecule has 0 saturated carbocycles. The van der Waals surface area contributed by atoms with Crippen LogP contribution in [0.15, 0.2) is 12.2 Å². The van der Waals surface area contributed by atoms with Crippen LogP contribution < -0.4 is 0 Å². The summed E-state index contributed by atoms with van der Waals surface area (Å²) in [5.41, 5.74) is 0.278. The van der Waals surface area contributed by atoms with Crippen LogP contribution in [0.25, 0.3) is 0 Å². The third kappa shape index (κ3) is 4.30. The molecule has 0 rings (SSSR count). The van der Waals surface area contributed by atoms with Gasteiger partial charge in [0.1, 0.15) is 6.61 Å². The molecule has 0 aliphatic rings. The Morgan fingerprint density at radius 3 is 2.31 bits per heavy atom. The molecule has 0 heterocycles. The van der Waals surface area contributed by atoms with E-state index in [1.54, 1.807) is 13.8 Å². The van der Waals surface area contributed by atoms with Crippen LogP contribution in [0.4, 0.5) is 4.79 Å². The Balaban J connectivity index is 3.88. The average Bonchev–Trinajstić information content (AvgIpc) is 2.11. The van der Waals surface area contributed by atoms with Crippen molar-refractivity contribution in [1.29, 1.82) is 0 Å². The molecule has 0 fully saturated rings. The monoisotopic (exact) mass is 186 g/mol. The molecule has 4 nitrogen and oxygen atoms in total. The Kier molecular flexibility index (Phi) is 4.80. The lowest BCUT2D eigenvalue weighted by Gasteiger charge is -2.07. The summed E-state index contributed by atoms with van der Waals surface area (Å²) in [5.74, 6) is -0.238. The van der Waals surface area contributed by atoms with Crippen molar-refractivity contribution in [3.8, 4) is 0 Å². The molecule has 0 aromatic heterocycles. The van der Waals surface area contributed by atoms with E-state index in [4.69, 9.17) is 0 Å². The fraction of sp³-hybridized carbons (Fsp3) is 0.556. The zero-order chi connectivity index (χ0) is 10.4. The van der Waals surface area contributed by atoms with E-state index in [0.29, 0.717) is 0 Å². The van der Waals surface area contributed by atoms with Gasteiger partial charge in [0.25, 0.3) is 0 Å². The first-order chi connectivity index (χ1) is 5.99. The number of Topliss-reactive ketones (excluding diaryl/α,β-unsaturated/α-hetero) is 1. The number of rotatable bonds is 4. The Hall–Kier alpha value is -1.32. The fourth-order valence-electron chi connectivity index (χ4n) is 0.684. The maximum Gasteiger partial charge on any atom is 0.508 e. The Morgan fingerprint density at radius 1 is 1.38 bits per heavy atom. The van der Waals surface area contributed by atoms with E-state index in [1.807, 2.05) is 0 Å². The van der Waals surface area contributed by atoms with Gasteiger partial charge in [-0.3, -0.25) is 4.79 Å². The van der Waals surface area contributed by atoms with Gasteiger partial charge in [0, 0.05) is 11.5 Å². The number of ketones is 1. The zero-order valence-corrected chi connectivity index (χ0v) is 8.12. The molecule has 74 valence electrons. The summed E-state index contributed by atoms with van der Waals surface area (Å²) in [7, 11) is 1.20. The van der Waals surface area contributed by atoms with Crippen LogP contribution in [0, 0.1) is 5.92 Å². The second-order valence-corrected chi connectivity index (χ2v) is 2.87. The molecule has 0 spiro atoms. The fourth-order valence-corrected chi connectivity index (χ4v) is 0.684. The molecule has 0 aromatic rings. The van der Waals surface area contributed by atoms with Crippen LogP contribution in [0.2, 0.25) is 0 Å². The highest BCUT2D eigenvalue weighted by Crippen LogP contribution is 2.04. The summed E-state index contributed by atoms with van der Waals surface area (Å²) in [6, 6.07) is 0. The number of carbonyl (C=O) groups is 2. The predicted molar refractivity (Wildman–Crippen MR) is 47.3 cm³/mol. The zero-order valence-electron chi connectivity index (χ0n) is 8.12. The van der Waals surface area contributed by atoms with Gasteiger partial charge in [0.05, 0.1) is 7.11 Å². The summed E-state index contributed by atoms with van der Waals surface area (Å²) in [5, 5.41) is 0. The standard InChI is InChI=1S/C9H14O4/c1-6(2)8(10)7(3)5-13-9(11)12-4/h6H,3,5H2,1-2,4H3. The molecule has 0 saturated heterocycles. The molecule has 13 heavy (non-hydrogen) atoms. The lowest BCUT2D eigenvalue weighted by molar-refractivity contribution is -0.118. The summed E-state index contributed by atoms with van der Waals surface area (Å²) in [6.07, 6.45) is -0.808. The van der Waals surface area contributed by atoms with Crippen LogP contribution in [0.5, 0.6) is 0 Å². The van der Waals surface area contributed by atoms with Crippen LogP contribution in [-0.4, -0.2) is 25.7 Å². The molecule has 0 atom stereocenters. The molecular weight excluding hydrogens is 172 g/mol. The van der Waals surface area contributed by atoms with Crippen molar-refractivity contribution < 1.29 is 19.1 Å².